The first-order valence-electron chi connectivity index (χ1n) is 6.20. The van der Waals surface area contributed by atoms with Crippen LogP contribution in [0.5, 0.6) is 0 Å². The van der Waals surface area contributed by atoms with Gasteiger partial charge in [0.25, 0.3) is 0 Å². The molecule has 3 heteroatoms. The van der Waals surface area contributed by atoms with E-state index in [0.717, 1.165) is 32.2 Å². The largest absolute Gasteiger partial charge is 0.389 e. The van der Waals surface area contributed by atoms with Crippen LogP contribution in [0.1, 0.15) is 44.9 Å². The number of hydrogen-bond donors (Lipinski definition) is 2. The van der Waals surface area contributed by atoms with Crippen molar-refractivity contribution in [2.75, 3.05) is 13.7 Å². The molecular weight excluding hydrogens is 190 g/mol. The second-order valence-corrected chi connectivity index (χ2v) is 5.18. The van der Waals surface area contributed by atoms with Gasteiger partial charge in [0.15, 0.2) is 0 Å². The maximum absolute atomic E-state index is 10.2. The number of ether oxygens (including phenoxy) is 1. The Morgan fingerprint density at radius 3 is 2.67 bits per heavy atom. The molecular formula is C12H23NO2. The first-order chi connectivity index (χ1) is 7.22. The van der Waals surface area contributed by atoms with E-state index in [1.165, 1.54) is 19.3 Å². The molecule has 0 aromatic rings. The zero-order valence-electron chi connectivity index (χ0n) is 9.67. The molecule has 15 heavy (non-hydrogen) atoms. The number of hydrogen-bond acceptors (Lipinski definition) is 3. The van der Waals surface area contributed by atoms with Crippen LogP contribution in [0, 0.1) is 0 Å². The Labute approximate surface area is 92.2 Å². The van der Waals surface area contributed by atoms with Crippen LogP contribution in [0.2, 0.25) is 0 Å². The second kappa shape index (κ2) is 4.81. The lowest BCUT2D eigenvalue weighted by Crippen LogP contribution is -2.42. The molecule has 2 aliphatic carbocycles. The third-order valence-electron chi connectivity index (χ3n) is 3.97. The molecule has 2 fully saturated rings. The summed E-state index contributed by atoms with van der Waals surface area (Å²) in [4.78, 5) is 0. The van der Waals surface area contributed by atoms with Gasteiger partial charge in [0.05, 0.1) is 11.7 Å². The van der Waals surface area contributed by atoms with E-state index in [9.17, 15) is 5.11 Å². The van der Waals surface area contributed by atoms with Crippen LogP contribution in [0.25, 0.3) is 0 Å². The van der Waals surface area contributed by atoms with E-state index >= 15 is 0 Å². The van der Waals surface area contributed by atoms with Crippen molar-refractivity contribution in [3.05, 3.63) is 0 Å². The summed E-state index contributed by atoms with van der Waals surface area (Å²) in [5.74, 6) is 0. The highest BCUT2D eigenvalue weighted by Gasteiger charge is 2.32. The standard InChI is InChI=1S/C12H23NO2/c1-15-11-5-4-10(8-11)13-9-12(14)6-2-3-7-12/h10-11,13-14H,2-9H2,1H3. The van der Waals surface area contributed by atoms with Crippen LogP contribution in [-0.4, -0.2) is 36.5 Å². The van der Waals surface area contributed by atoms with Crippen molar-refractivity contribution < 1.29 is 9.84 Å². The summed E-state index contributed by atoms with van der Waals surface area (Å²) in [6, 6.07) is 0.555. The molecule has 2 aliphatic rings. The number of nitrogens with one attached hydrogen (secondary N) is 1. The van der Waals surface area contributed by atoms with Gasteiger partial charge in [-0.2, -0.15) is 0 Å². The fourth-order valence-corrected chi connectivity index (χ4v) is 2.88. The number of methoxy groups -OCH3 is 1. The topological polar surface area (TPSA) is 41.5 Å². The normalized spacial score (nSPS) is 34.8. The lowest BCUT2D eigenvalue weighted by molar-refractivity contribution is 0.0439. The van der Waals surface area contributed by atoms with Crippen LogP contribution in [0.15, 0.2) is 0 Å². The molecule has 2 unspecified atom stereocenters. The van der Waals surface area contributed by atoms with Gasteiger partial charge in [-0.15, -0.1) is 0 Å². The minimum Gasteiger partial charge on any atom is -0.389 e. The molecule has 2 N–H and O–H groups in total. The van der Waals surface area contributed by atoms with Gasteiger partial charge >= 0.3 is 0 Å². The van der Waals surface area contributed by atoms with Gasteiger partial charge in [0, 0.05) is 19.7 Å². The number of rotatable bonds is 4. The zero-order chi connectivity index (χ0) is 10.7. The molecule has 0 aliphatic heterocycles. The lowest BCUT2D eigenvalue weighted by Gasteiger charge is -2.25. The first kappa shape index (κ1) is 11.4. The molecule has 0 aromatic heterocycles. The molecule has 88 valence electrons. The van der Waals surface area contributed by atoms with Crippen LogP contribution >= 0.6 is 0 Å². The molecule has 0 amide bonds. The van der Waals surface area contributed by atoms with Gasteiger partial charge in [-0.1, -0.05) is 12.8 Å². The maximum atomic E-state index is 10.2. The Morgan fingerprint density at radius 2 is 2.07 bits per heavy atom. The third kappa shape index (κ3) is 2.92. The van der Waals surface area contributed by atoms with E-state index < -0.39 is 5.60 Å². The molecule has 2 rings (SSSR count). The Kier molecular flexibility index (Phi) is 3.65. The van der Waals surface area contributed by atoms with Gasteiger partial charge < -0.3 is 15.2 Å². The van der Waals surface area contributed by atoms with Crippen molar-refractivity contribution in [2.24, 2.45) is 0 Å². The molecule has 0 aromatic carbocycles. The summed E-state index contributed by atoms with van der Waals surface area (Å²) >= 11 is 0. The summed E-state index contributed by atoms with van der Waals surface area (Å²) in [6.45, 7) is 0.772. The van der Waals surface area contributed by atoms with E-state index in [2.05, 4.69) is 5.32 Å². The Balaban J connectivity index is 1.70. The maximum Gasteiger partial charge on any atom is 0.0771 e. The molecule has 2 saturated carbocycles. The zero-order valence-corrected chi connectivity index (χ0v) is 9.67. The summed E-state index contributed by atoms with van der Waals surface area (Å²) in [5, 5.41) is 13.7. The monoisotopic (exact) mass is 213 g/mol. The predicted octanol–water partition coefficient (Wildman–Crippen LogP) is 1.45. The first-order valence-corrected chi connectivity index (χ1v) is 6.20. The van der Waals surface area contributed by atoms with Gasteiger partial charge in [0.1, 0.15) is 0 Å². The molecule has 3 nitrogen and oxygen atoms in total. The second-order valence-electron chi connectivity index (χ2n) is 5.18. The van der Waals surface area contributed by atoms with Crippen molar-refractivity contribution in [3.63, 3.8) is 0 Å². The van der Waals surface area contributed by atoms with E-state index in [4.69, 9.17) is 4.74 Å². The fourth-order valence-electron chi connectivity index (χ4n) is 2.88. The SMILES string of the molecule is COC1CCC(NCC2(O)CCCC2)C1. The Hall–Kier alpha value is -0.120. The highest BCUT2D eigenvalue weighted by atomic mass is 16.5. The molecule has 0 spiro atoms. The quantitative estimate of drug-likeness (QED) is 0.742. The van der Waals surface area contributed by atoms with Gasteiger partial charge in [-0.25, -0.2) is 0 Å². The molecule has 2 atom stereocenters. The van der Waals surface area contributed by atoms with Crippen LogP contribution in [0.4, 0.5) is 0 Å². The van der Waals surface area contributed by atoms with E-state index in [0.29, 0.717) is 12.1 Å². The fraction of sp³-hybridized carbons (Fsp3) is 1.00. The van der Waals surface area contributed by atoms with Gasteiger partial charge in [-0.05, 0) is 32.1 Å². The minimum absolute atomic E-state index is 0.412. The summed E-state index contributed by atoms with van der Waals surface area (Å²) in [5.41, 5.74) is -0.412. The molecule has 0 heterocycles. The minimum atomic E-state index is -0.412. The van der Waals surface area contributed by atoms with Crippen molar-refractivity contribution >= 4 is 0 Å². The summed E-state index contributed by atoms with van der Waals surface area (Å²) in [7, 11) is 1.79. The lowest BCUT2D eigenvalue weighted by atomic mass is 10.0. The summed E-state index contributed by atoms with van der Waals surface area (Å²) < 4.78 is 5.34. The van der Waals surface area contributed by atoms with E-state index in [1.807, 2.05) is 0 Å². The van der Waals surface area contributed by atoms with E-state index in [-0.39, 0.29) is 0 Å². The van der Waals surface area contributed by atoms with Gasteiger partial charge in [-0.3, -0.25) is 0 Å². The van der Waals surface area contributed by atoms with Crippen molar-refractivity contribution in [3.8, 4) is 0 Å². The molecule has 0 bridgehead atoms. The van der Waals surface area contributed by atoms with Gasteiger partial charge in [0.2, 0.25) is 0 Å². The highest BCUT2D eigenvalue weighted by molar-refractivity contribution is 4.89. The average molecular weight is 213 g/mol. The smallest absolute Gasteiger partial charge is 0.0771 e. The highest BCUT2D eigenvalue weighted by Crippen LogP contribution is 2.29. The van der Waals surface area contributed by atoms with Crippen molar-refractivity contribution in [1.82, 2.24) is 5.32 Å². The third-order valence-corrected chi connectivity index (χ3v) is 3.97. The number of aliphatic hydroxyl groups is 1. The van der Waals surface area contributed by atoms with Crippen LogP contribution in [-0.2, 0) is 4.74 Å². The average Bonchev–Trinajstić information content (AvgIpc) is 2.84. The summed E-state index contributed by atoms with van der Waals surface area (Å²) in [6.07, 6.45) is 8.20. The predicted molar refractivity (Wildman–Crippen MR) is 59.9 cm³/mol. The van der Waals surface area contributed by atoms with Crippen LogP contribution < -0.4 is 5.32 Å². The Bertz CT molecular complexity index is 202. The van der Waals surface area contributed by atoms with Crippen LogP contribution in [0.3, 0.4) is 0 Å². The molecule has 0 saturated heterocycles. The Morgan fingerprint density at radius 1 is 1.33 bits per heavy atom. The molecule has 0 radical (unpaired) electrons. The van der Waals surface area contributed by atoms with E-state index in [1.54, 1.807) is 7.11 Å². The van der Waals surface area contributed by atoms with Crippen molar-refractivity contribution in [1.29, 1.82) is 0 Å². The van der Waals surface area contributed by atoms with Crippen molar-refractivity contribution in [2.45, 2.75) is 62.7 Å².